The lowest BCUT2D eigenvalue weighted by Gasteiger charge is -2.61. The Hall–Kier alpha value is -6.84. The van der Waals surface area contributed by atoms with Crippen LogP contribution in [0.25, 0.3) is 0 Å². The predicted molar refractivity (Wildman–Crippen MR) is 500 cm³/mol. The Labute approximate surface area is 791 Å². The van der Waals surface area contributed by atoms with Gasteiger partial charge in [0.05, 0.1) is 25.6 Å². The summed E-state index contributed by atoms with van der Waals surface area (Å²) in [6.45, 7) is 46.9. The fourth-order valence-corrected chi connectivity index (χ4v) is 34.6. The number of ketones is 4. The van der Waals surface area contributed by atoms with Gasteiger partial charge in [0.1, 0.15) is 32.5 Å². The van der Waals surface area contributed by atoms with Crippen molar-refractivity contribution in [3.05, 3.63) is 48.6 Å². The second kappa shape index (κ2) is 38.1. The lowest BCUT2D eigenvalue weighted by atomic mass is 9.43. The summed E-state index contributed by atoms with van der Waals surface area (Å²) in [4.78, 5) is 151. The van der Waals surface area contributed by atoms with Gasteiger partial charge in [0, 0.05) is 139 Å². The smallest absolute Gasteiger partial charge is 0.303 e. The highest BCUT2D eigenvalue weighted by molar-refractivity contribution is 6.00. The van der Waals surface area contributed by atoms with Crippen molar-refractivity contribution in [1.82, 2.24) is 11.0 Å². The highest BCUT2D eigenvalue weighted by Crippen LogP contribution is 2.91. The van der Waals surface area contributed by atoms with Crippen LogP contribution < -0.4 is 11.0 Å². The van der Waals surface area contributed by atoms with Gasteiger partial charge in [0.2, 0.25) is 0 Å². The normalized spacial score (nSPS) is 43.0. The maximum Gasteiger partial charge on any atom is 0.303 e. The van der Waals surface area contributed by atoms with E-state index in [-0.39, 0.29) is 179 Å². The molecule has 26 heteroatoms. The number of ether oxygens (including phenoxy) is 6. The van der Waals surface area contributed by atoms with E-state index < -0.39 is 78.0 Å². The molecule has 133 heavy (non-hydrogen) atoms. The molecule has 38 atom stereocenters. The van der Waals surface area contributed by atoms with Gasteiger partial charge in [-0.2, -0.15) is 0 Å². The minimum absolute atomic E-state index is 0.0534. The van der Waals surface area contributed by atoms with E-state index in [4.69, 9.17) is 47.8 Å². The van der Waals surface area contributed by atoms with Crippen LogP contribution in [0.3, 0.4) is 0 Å². The van der Waals surface area contributed by atoms with E-state index in [0.29, 0.717) is 60.3 Å². The predicted octanol–water partition coefficient (Wildman–Crippen LogP) is 16.4. The quantitative estimate of drug-likeness (QED) is 0.0210. The Morgan fingerprint density at radius 1 is 0.444 bits per heavy atom. The number of allylic oxidation sites excluding steroid dienone is 6. The van der Waals surface area contributed by atoms with Crippen molar-refractivity contribution < 1.29 is 106 Å². The Morgan fingerprint density at radius 2 is 0.767 bits per heavy atom. The molecular formula is C107H162N4O22. The van der Waals surface area contributed by atoms with Crippen molar-refractivity contribution in [2.24, 2.45) is 194 Å². The first kappa shape index (κ1) is 104. The zero-order chi connectivity index (χ0) is 97.9. The van der Waals surface area contributed by atoms with E-state index in [1.165, 1.54) is 68.6 Å². The molecule has 15 aliphatic carbocycles. The van der Waals surface area contributed by atoms with E-state index >= 15 is 0 Å². The first-order valence-corrected chi connectivity index (χ1v) is 50.4. The van der Waals surface area contributed by atoms with Crippen LogP contribution in [0.2, 0.25) is 0 Å². The van der Waals surface area contributed by atoms with Gasteiger partial charge in [0.15, 0.2) is 41.4 Å². The average Bonchev–Trinajstić information content (AvgIpc) is 1.47. The number of rotatable bonds is 32. The Kier molecular flexibility index (Phi) is 29.6. The van der Waals surface area contributed by atoms with Crippen molar-refractivity contribution in [3.63, 3.8) is 0 Å². The van der Waals surface area contributed by atoms with Gasteiger partial charge in [-0.3, -0.25) is 47.9 Å². The molecule has 0 radical (unpaired) electrons. The molecule has 0 heterocycles. The fourth-order valence-electron chi connectivity index (χ4n) is 34.6. The first-order valence-electron chi connectivity index (χ1n) is 50.4. The number of carbonyl (C=O) groups is 10. The van der Waals surface area contributed by atoms with Crippen molar-refractivity contribution in [2.75, 3.05) is 54.7 Å². The molecule has 15 rings (SSSR count). The summed E-state index contributed by atoms with van der Waals surface area (Å²) >= 11 is 0. The number of hydrogen-bond acceptors (Lipinski definition) is 26. The molecule has 12 fully saturated rings. The molecule has 4 N–H and O–H groups in total. The third kappa shape index (κ3) is 16.4. The number of esters is 6. The van der Waals surface area contributed by atoms with E-state index in [0.717, 1.165) is 114 Å². The zero-order valence-corrected chi connectivity index (χ0v) is 84.9. The third-order valence-corrected chi connectivity index (χ3v) is 41.4. The summed E-state index contributed by atoms with van der Waals surface area (Å²) in [5, 5.41) is 28.4. The number of carbonyl (C=O) groups excluding carboxylic acids is 10. The number of hydrogen-bond donors (Lipinski definition) is 4. The maximum atomic E-state index is 14.3. The molecule has 0 saturated heterocycles. The summed E-state index contributed by atoms with van der Waals surface area (Å²) in [6.07, 6.45) is 28.1. The lowest BCUT2D eigenvalue weighted by molar-refractivity contribution is -0.169. The fraction of sp³-hybridized carbons (Fsp3) is 0.813. The van der Waals surface area contributed by atoms with Crippen LogP contribution in [0.4, 0.5) is 0 Å². The molecule has 2 unspecified atom stereocenters. The van der Waals surface area contributed by atoms with Crippen LogP contribution in [-0.2, 0) is 95.7 Å². The summed E-state index contributed by atoms with van der Waals surface area (Å²) in [5.74, 6) is -3.17. The number of oxime groups is 2. The van der Waals surface area contributed by atoms with Gasteiger partial charge in [0.25, 0.3) is 0 Å². The molecule has 742 valence electrons. The molecule has 0 aromatic carbocycles. The molecule has 26 nitrogen and oxygen atoms in total. The van der Waals surface area contributed by atoms with Gasteiger partial charge in [-0.05, 0) is 252 Å². The topological polar surface area (TPSA) is 352 Å². The van der Waals surface area contributed by atoms with Gasteiger partial charge in [-0.25, -0.2) is 11.0 Å². The highest BCUT2D eigenvalue weighted by atomic mass is 16.6. The monoisotopic (exact) mass is 1860 g/mol. The summed E-state index contributed by atoms with van der Waals surface area (Å²) < 4.78 is 36.1. The number of Topliss-reactive ketones (excluding diaryl/α,β-unsaturated/α-hetero) is 3. The molecule has 0 aromatic heterocycles. The van der Waals surface area contributed by atoms with Crippen LogP contribution >= 0.6 is 0 Å². The third-order valence-electron chi connectivity index (χ3n) is 41.4. The number of nitrogens with one attached hydrogen (secondary N) is 2. The first-order chi connectivity index (χ1) is 62.4. The van der Waals surface area contributed by atoms with E-state index in [1.54, 1.807) is 28.1 Å². The number of aliphatic hydroxyl groups excluding tert-OH is 2. The van der Waals surface area contributed by atoms with Crippen LogP contribution in [0, 0.1) is 183 Å². The Morgan fingerprint density at radius 3 is 1.08 bits per heavy atom. The Bertz CT molecular complexity index is 4630. The number of fused-ring (bicyclic) bond motifs is 6. The molecule has 0 aromatic rings. The molecule has 0 amide bonds. The van der Waals surface area contributed by atoms with Gasteiger partial charge in [-0.15, -0.1) is 0 Å². The summed E-state index contributed by atoms with van der Waals surface area (Å²) in [5.41, 5.74) is 7.63. The van der Waals surface area contributed by atoms with Crippen LogP contribution in [0.5, 0.6) is 0 Å². The second-order valence-corrected chi connectivity index (χ2v) is 46.4. The number of nitrogens with zero attached hydrogens (tertiary/aromatic N) is 2. The largest absolute Gasteiger partial charge is 0.462 e. The molecule has 15 aliphatic rings. The highest BCUT2D eigenvalue weighted by Gasteiger charge is 2.86. The van der Waals surface area contributed by atoms with E-state index in [1.807, 2.05) is 33.8 Å². The van der Waals surface area contributed by atoms with Crippen LogP contribution in [-0.4, -0.2) is 172 Å². The number of hydroxylamine groups is 2. The van der Waals surface area contributed by atoms with Crippen molar-refractivity contribution >= 4 is 70.4 Å². The lowest BCUT2D eigenvalue weighted by Crippen LogP contribution is -2.56. The minimum Gasteiger partial charge on any atom is -0.462 e. The van der Waals surface area contributed by atoms with Crippen molar-refractivity contribution in [3.8, 4) is 0 Å². The Balaban J connectivity index is 0.000000169. The average molecular weight is 1860 g/mol. The minimum atomic E-state index is -1.07. The van der Waals surface area contributed by atoms with Gasteiger partial charge < -0.3 is 58.0 Å². The van der Waals surface area contributed by atoms with Gasteiger partial charge in [-0.1, -0.05) is 152 Å². The van der Waals surface area contributed by atoms with Crippen molar-refractivity contribution in [2.45, 2.75) is 311 Å². The molecule has 0 bridgehead atoms. The summed E-state index contributed by atoms with van der Waals surface area (Å²) in [6, 6.07) is 0. The molecule has 6 spiro atoms. The van der Waals surface area contributed by atoms with Crippen LogP contribution in [0.15, 0.2) is 58.9 Å². The van der Waals surface area contributed by atoms with E-state index in [2.05, 4.69) is 127 Å². The zero-order valence-electron chi connectivity index (χ0n) is 84.9. The maximum absolute atomic E-state index is 14.3. The SMILES string of the molecule is C=C(C(=O)[C@H](OC(C)=O)[C@@H](C)[C@H]1[C@@H](OC(C)=O)C[C@@]2(C)[C@@H]3CC[C@H]4[C@H](C)/C(=N/OC)C=C[C@@]45C[C@@]35CC[C@]12C)[C@@H](C)CO.CC[C@H](C)C(CNOC)C(=O)[C@H](OC(C)=O)[C@@H](C)[C@H]1[C@@H](OC(C)=O)C[C@@]2(C)[C@@H]3CC[C@H]4[C@H](C)C(=O)C=C[C@@]45C[C@@]35CC[C@]12C.CO/N=C1\C=C[C@]23C[C@]24CC[C@]2(C)[C@@H]([C@H](C)[C@@H](OC(C)=O)C(=O)C(CNOC)[C@@H](C)CO)[C@@H](OC(C)=O)C[C@@]2(C)[C@@H]4CC[C@H]3[C@@H]1C. The van der Waals surface area contributed by atoms with E-state index in [9.17, 15) is 58.2 Å². The molecule has 0 aliphatic heterocycles. The molecule has 12 saturated carbocycles. The summed E-state index contributed by atoms with van der Waals surface area (Å²) in [7, 11) is 6.22. The number of aliphatic hydroxyl groups is 2. The second-order valence-electron chi connectivity index (χ2n) is 46.4. The van der Waals surface area contributed by atoms with Gasteiger partial charge >= 0.3 is 35.8 Å². The van der Waals surface area contributed by atoms with Crippen molar-refractivity contribution in [1.29, 1.82) is 0 Å². The van der Waals surface area contributed by atoms with Crippen LogP contribution in [0.1, 0.15) is 274 Å². The standard InChI is InChI=1S/C36H56N2O8.C36H55NO7.C35H51NO7/c1-20(18-39)25(17-37-43-8)31(42)32(46-24(5)41)22(3)30-28(45-23(4)40)16-34(7)29-11-10-26-21(2)27(38-44-9)12-13-35(26)19-36(29,35)15-14-33(30,34)6;1-10-20(2)25(18-37-42-9)31(41)32(44-24(6)39)22(4)30-28(43-23(5)38)17-34(8)29-12-11-26-21(3)27(40)13-14-35(26)19-36(29,35)16-15-33(30,34)7;1-19(17-37)20(2)30(40)31(43-24(6)39)22(4)29-27(42-23(5)38)16-33(8)28-11-10-25-21(3)26(36-41-9)12-13-34(25)18-35(28,34)15-14-32(29,33)7/h12-13,20-22,25-26,28-30,32,37,39H,10-11,14-19H2,1-9H3;13-14,20-22,25-26,28-30,32,37H,10-12,15-19H2,1-9H3;12-13,19,21-22,25,27-29,31,37H,2,10-11,14-18H2,1,3-9H3/b38-27+;;36-26+/t2*20-,21-,22-,25?,26-,28-,29-,30-,32+,33+,34-,35+,36-;19-,21-,22-,25-,27-,28-,29-,31+,32+,33-,34+,35-/m000/s1. The molecular weight excluding hydrogens is 1690 g/mol.